The molecule has 0 N–H and O–H groups in total. The van der Waals surface area contributed by atoms with Crippen LogP contribution in [0.1, 0.15) is 21.5 Å². The van der Waals surface area contributed by atoms with Gasteiger partial charge in [0.15, 0.2) is 5.78 Å². The Hall–Kier alpha value is -1.62. The summed E-state index contributed by atoms with van der Waals surface area (Å²) in [6.45, 7) is 0. The minimum atomic E-state index is 0.167. The van der Waals surface area contributed by atoms with Gasteiger partial charge in [-0.2, -0.15) is 0 Å². The Labute approximate surface area is 138 Å². The average Bonchev–Trinajstić information content (AvgIpc) is 2.76. The Morgan fingerprint density at radius 1 is 1.10 bits per heavy atom. The lowest BCUT2D eigenvalue weighted by Gasteiger charge is -2.11. The summed E-state index contributed by atoms with van der Waals surface area (Å²) in [6, 6.07) is 14.4. The predicted octanol–water partition coefficient (Wildman–Crippen LogP) is 4.18. The molecule has 2 nitrogen and oxygen atoms in total. The Morgan fingerprint density at radius 2 is 1.81 bits per heavy atom. The summed E-state index contributed by atoms with van der Waals surface area (Å²) >= 11 is 2.25. The molecule has 0 fully saturated rings. The molecule has 0 radical (unpaired) electrons. The molecule has 2 aromatic rings. The molecule has 0 spiro atoms. The zero-order valence-electron chi connectivity index (χ0n) is 12.1. The maximum absolute atomic E-state index is 12.4. The SMILES string of the molecule is CN(C)c1ccc(/C=C2\Cc3ccc(I)cc3C2=O)cc1. The van der Waals surface area contributed by atoms with Gasteiger partial charge in [-0.15, -0.1) is 0 Å². The highest BCUT2D eigenvalue weighted by atomic mass is 127. The van der Waals surface area contributed by atoms with Crippen molar-refractivity contribution in [2.45, 2.75) is 6.42 Å². The van der Waals surface area contributed by atoms with Gasteiger partial charge in [0.25, 0.3) is 0 Å². The Balaban J connectivity index is 1.90. The number of halogens is 1. The molecular formula is C18H16INO. The number of allylic oxidation sites excluding steroid dienone is 1. The van der Waals surface area contributed by atoms with E-state index in [0.717, 1.165) is 37.9 Å². The third-order valence-electron chi connectivity index (χ3n) is 3.74. The number of benzene rings is 2. The first-order valence-electron chi connectivity index (χ1n) is 6.85. The maximum Gasteiger partial charge on any atom is 0.189 e. The van der Waals surface area contributed by atoms with Crippen molar-refractivity contribution in [2.24, 2.45) is 0 Å². The molecule has 0 aromatic heterocycles. The van der Waals surface area contributed by atoms with Crippen molar-refractivity contribution in [3.63, 3.8) is 0 Å². The number of ketones is 1. The highest BCUT2D eigenvalue weighted by Crippen LogP contribution is 2.29. The molecule has 0 aliphatic heterocycles. The van der Waals surface area contributed by atoms with E-state index in [0.29, 0.717) is 0 Å². The number of hydrogen-bond donors (Lipinski definition) is 0. The highest BCUT2D eigenvalue weighted by Gasteiger charge is 2.24. The Morgan fingerprint density at radius 3 is 2.48 bits per heavy atom. The predicted molar refractivity (Wildman–Crippen MR) is 95.9 cm³/mol. The van der Waals surface area contributed by atoms with Gasteiger partial charge in [0.2, 0.25) is 0 Å². The number of fused-ring (bicyclic) bond motifs is 1. The second kappa shape index (κ2) is 5.64. The summed E-state index contributed by atoms with van der Waals surface area (Å²) in [5.41, 5.74) is 5.11. The number of Topliss-reactive ketones (excluding diaryl/α,β-unsaturated/α-hetero) is 1. The van der Waals surface area contributed by atoms with Crippen molar-refractivity contribution in [3.05, 3.63) is 68.3 Å². The number of anilines is 1. The van der Waals surface area contributed by atoms with Gasteiger partial charge < -0.3 is 4.90 Å². The van der Waals surface area contributed by atoms with Crippen LogP contribution >= 0.6 is 22.6 Å². The second-order valence-corrected chi connectivity index (χ2v) is 6.71. The van der Waals surface area contributed by atoms with E-state index in [1.807, 2.05) is 26.2 Å². The molecule has 1 aliphatic rings. The standard InChI is InChI=1S/C18H16INO/c1-20(2)16-7-3-12(4-8-16)9-14-10-13-5-6-15(19)11-17(13)18(14)21/h3-9,11H,10H2,1-2H3/b14-9+. The number of rotatable bonds is 2. The fourth-order valence-corrected chi connectivity index (χ4v) is 3.05. The van der Waals surface area contributed by atoms with Crippen LogP contribution < -0.4 is 4.90 Å². The van der Waals surface area contributed by atoms with Crippen LogP contribution in [-0.2, 0) is 6.42 Å². The second-order valence-electron chi connectivity index (χ2n) is 5.46. The van der Waals surface area contributed by atoms with Crippen LogP contribution in [0.2, 0.25) is 0 Å². The van der Waals surface area contributed by atoms with Crippen LogP contribution in [0.25, 0.3) is 6.08 Å². The number of nitrogens with zero attached hydrogens (tertiary/aromatic N) is 1. The summed E-state index contributed by atoms with van der Waals surface area (Å²) in [4.78, 5) is 14.5. The number of hydrogen-bond acceptors (Lipinski definition) is 2. The fraction of sp³-hybridized carbons (Fsp3) is 0.167. The smallest absolute Gasteiger partial charge is 0.189 e. The highest BCUT2D eigenvalue weighted by molar-refractivity contribution is 14.1. The van der Waals surface area contributed by atoms with Gasteiger partial charge in [-0.25, -0.2) is 0 Å². The van der Waals surface area contributed by atoms with E-state index in [1.54, 1.807) is 0 Å². The van der Waals surface area contributed by atoms with Crippen LogP contribution in [0, 0.1) is 3.57 Å². The van der Waals surface area contributed by atoms with Gasteiger partial charge in [-0.3, -0.25) is 4.79 Å². The fourth-order valence-electron chi connectivity index (χ4n) is 2.56. The first-order valence-corrected chi connectivity index (χ1v) is 7.93. The largest absolute Gasteiger partial charge is 0.378 e. The molecule has 0 amide bonds. The molecule has 21 heavy (non-hydrogen) atoms. The van der Waals surface area contributed by atoms with Crippen LogP contribution in [-0.4, -0.2) is 19.9 Å². The molecule has 106 valence electrons. The third kappa shape index (κ3) is 2.88. The minimum Gasteiger partial charge on any atom is -0.378 e. The molecule has 3 heteroatoms. The van der Waals surface area contributed by atoms with E-state index < -0.39 is 0 Å². The topological polar surface area (TPSA) is 20.3 Å². The lowest BCUT2D eigenvalue weighted by molar-refractivity contribution is 0.104. The van der Waals surface area contributed by atoms with Gasteiger partial charge in [0, 0.05) is 40.9 Å². The monoisotopic (exact) mass is 389 g/mol. The van der Waals surface area contributed by atoms with E-state index in [4.69, 9.17) is 0 Å². The summed E-state index contributed by atoms with van der Waals surface area (Å²) in [5.74, 6) is 0.167. The number of carbonyl (C=O) groups is 1. The van der Waals surface area contributed by atoms with E-state index in [9.17, 15) is 4.79 Å². The summed E-state index contributed by atoms with van der Waals surface area (Å²) in [7, 11) is 4.04. The molecule has 0 bridgehead atoms. The minimum absolute atomic E-state index is 0.167. The zero-order valence-corrected chi connectivity index (χ0v) is 14.2. The molecule has 0 saturated carbocycles. The van der Waals surface area contributed by atoms with Crippen molar-refractivity contribution in [1.82, 2.24) is 0 Å². The van der Waals surface area contributed by atoms with Crippen molar-refractivity contribution >= 4 is 40.1 Å². The first-order chi connectivity index (χ1) is 10.0. The van der Waals surface area contributed by atoms with Gasteiger partial charge >= 0.3 is 0 Å². The van der Waals surface area contributed by atoms with Crippen LogP contribution in [0.4, 0.5) is 5.69 Å². The third-order valence-corrected chi connectivity index (χ3v) is 4.41. The van der Waals surface area contributed by atoms with Crippen molar-refractivity contribution < 1.29 is 4.79 Å². The molecule has 0 heterocycles. The van der Waals surface area contributed by atoms with E-state index in [1.165, 1.54) is 0 Å². The molecule has 3 rings (SSSR count). The Bertz CT molecular complexity index is 729. The summed E-state index contributed by atoms with van der Waals surface area (Å²) in [5, 5.41) is 0. The van der Waals surface area contributed by atoms with E-state index in [2.05, 4.69) is 63.9 Å². The van der Waals surface area contributed by atoms with Gasteiger partial charge in [0.1, 0.15) is 0 Å². The molecule has 0 unspecified atom stereocenters. The van der Waals surface area contributed by atoms with Crippen LogP contribution in [0.3, 0.4) is 0 Å². The van der Waals surface area contributed by atoms with Crippen LogP contribution in [0.5, 0.6) is 0 Å². The first kappa shape index (κ1) is 14.3. The van der Waals surface area contributed by atoms with Gasteiger partial charge in [-0.05, 0) is 64.1 Å². The van der Waals surface area contributed by atoms with Crippen molar-refractivity contribution in [3.8, 4) is 0 Å². The lowest BCUT2D eigenvalue weighted by Crippen LogP contribution is -2.07. The van der Waals surface area contributed by atoms with E-state index >= 15 is 0 Å². The van der Waals surface area contributed by atoms with Crippen LogP contribution in [0.15, 0.2) is 48.0 Å². The molecule has 0 atom stereocenters. The zero-order chi connectivity index (χ0) is 15.0. The van der Waals surface area contributed by atoms with Crippen molar-refractivity contribution in [2.75, 3.05) is 19.0 Å². The molecule has 1 aliphatic carbocycles. The summed E-state index contributed by atoms with van der Waals surface area (Å²) in [6.07, 6.45) is 2.75. The Kier molecular flexibility index (Phi) is 3.85. The molecular weight excluding hydrogens is 373 g/mol. The summed E-state index contributed by atoms with van der Waals surface area (Å²) < 4.78 is 1.11. The number of carbonyl (C=O) groups excluding carboxylic acids is 1. The van der Waals surface area contributed by atoms with Crippen molar-refractivity contribution in [1.29, 1.82) is 0 Å². The average molecular weight is 389 g/mol. The maximum atomic E-state index is 12.4. The quantitative estimate of drug-likeness (QED) is 0.568. The van der Waals surface area contributed by atoms with E-state index in [-0.39, 0.29) is 5.78 Å². The molecule has 0 saturated heterocycles. The van der Waals surface area contributed by atoms with Gasteiger partial charge in [-0.1, -0.05) is 18.2 Å². The normalized spacial score (nSPS) is 15.4. The lowest BCUT2D eigenvalue weighted by atomic mass is 10.1. The molecule has 2 aromatic carbocycles. The van der Waals surface area contributed by atoms with Gasteiger partial charge in [0.05, 0.1) is 0 Å².